The van der Waals surface area contributed by atoms with Gasteiger partial charge in [-0.1, -0.05) is 5.92 Å². The van der Waals surface area contributed by atoms with Gasteiger partial charge in [0.1, 0.15) is 0 Å². The molecule has 1 rings (SSSR count). The Kier molecular flexibility index (Phi) is 2.78. The largest absolute Gasteiger partial charge is 0.351 e. The van der Waals surface area contributed by atoms with Gasteiger partial charge in [0.05, 0.1) is 6.54 Å². The van der Waals surface area contributed by atoms with Gasteiger partial charge in [-0.2, -0.15) is 0 Å². The number of hydrogen-bond acceptors (Lipinski definition) is 3. The highest BCUT2D eigenvalue weighted by molar-refractivity contribution is 7.13. The second-order valence-corrected chi connectivity index (χ2v) is 2.51. The Hall–Kier alpha value is -1.01. The van der Waals surface area contributed by atoms with Gasteiger partial charge >= 0.3 is 0 Å². The number of thiazole rings is 1. The average Bonchev–Trinajstić information content (AvgIpc) is 2.41. The van der Waals surface area contributed by atoms with Gasteiger partial charge in [-0.15, -0.1) is 17.3 Å². The van der Waals surface area contributed by atoms with Crippen LogP contribution in [0.3, 0.4) is 0 Å². The highest BCUT2D eigenvalue weighted by Crippen LogP contribution is 2.08. The average molecular weight is 152 g/mol. The highest BCUT2D eigenvalue weighted by atomic mass is 32.1. The van der Waals surface area contributed by atoms with Gasteiger partial charge in [0.2, 0.25) is 0 Å². The smallest absolute Gasteiger partial charge is 0.183 e. The number of nitrogens with one attached hydrogen (secondary N) is 1. The molecular weight excluding hydrogens is 144 g/mol. The lowest BCUT2D eigenvalue weighted by atomic mass is 10.6. The second-order valence-electron chi connectivity index (χ2n) is 1.62. The molecule has 1 N–H and O–H groups in total. The van der Waals surface area contributed by atoms with Crippen molar-refractivity contribution in [2.75, 3.05) is 11.9 Å². The van der Waals surface area contributed by atoms with Crippen molar-refractivity contribution in [3.05, 3.63) is 11.6 Å². The molecule has 0 unspecified atom stereocenters. The molecular formula is C7H8N2S. The summed E-state index contributed by atoms with van der Waals surface area (Å²) in [5.41, 5.74) is 0. The fraction of sp³-hybridized carbons (Fsp3) is 0.286. The lowest BCUT2D eigenvalue weighted by Crippen LogP contribution is -1.96. The van der Waals surface area contributed by atoms with E-state index in [9.17, 15) is 0 Å². The van der Waals surface area contributed by atoms with E-state index in [4.69, 9.17) is 0 Å². The van der Waals surface area contributed by atoms with Crippen LogP contribution in [0.2, 0.25) is 0 Å². The van der Waals surface area contributed by atoms with Crippen molar-refractivity contribution in [1.82, 2.24) is 4.98 Å². The van der Waals surface area contributed by atoms with Crippen LogP contribution in [-0.2, 0) is 0 Å². The minimum Gasteiger partial charge on any atom is -0.351 e. The lowest BCUT2D eigenvalue weighted by molar-refractivity contribution is 1.31. The minimum atomic E-state index is 0.685. The molecule has 0 bridgehead atoms. The number of aromatic nitrogens is 1. The van der Waals surface area contributed by atoms with Crippen LogP contribution in [0.25, 0.3) is 0 Å². The van der Waals surface area contributed by atoms with E-state index in [1.807, 2.05) is 12.3 Å². The zero-order valence-corrected chi connectivity index (χ0v) is 6.53. The van der Waals surface area contributed by atoms with Crippen LogP contribution < -0.4 is 5.32 Å². The van der Waals surface area contributed by atoms with E-state index in [1.165, 1.54) is 0 Å². The van der Waals surface area contributed by atoms with E-state index >= 15 is 0 Å². The maximum absolute atomic E-state index is 4.03. The molecule has 0 fully saturated rings. The third-order valence-electron chi connectivity index (χ3n) is 0.937. The van der Waals surface area contributed by atoms with Crippen LogP contribution in [-0.4, -0.2) is 11.5 Å². The molecule has 0 saturated heterocycles. The number of anilines is 1. The van der Waals surface area contributed by atoms with Gasteiger partial charge in [-0.25, -0.2) is 4.98 Å². The first-order chi connectivity index (χ1) is 4.93. The predicted molar refractivity (Wildman–Crippen MR) is 44.1 cm³/mol. The van der Waals surface area contributed by atoms with Gasteiger partial charge < -0.3 is 5.32 Å². The van der Waals surface area contributed by atoms with Crippen LogP contribution >= 0.6 is 11.3 Å². The van der Waals surface area contributed by atoms with Crippen molar-refractivity contribution in [3.63, 3.8) is 0 Å². The van der Waals surface area contributed by atoms with Crippen LogP contribution in [0.1, 0.15) is 6.92 Å². The summed E-state index contributed by atoms with van der Waals surface area (Å²) in [6, 6.07) is 0. The second kappa shape index (κ2) is 3.91. The van der Waals surface area contributed by atoms with E-state index < -0.39 is 0 Å². The molecule has 1 heterocycles. The van der Waals surface area contributed by atoms with Crippen LogP contribution in [0.5, 0.6) is 0 Å². The molecule has 0 saturated carbocycles. The molecule has 0 aliphatic heterocycles. The minimum absolute atomic E-state index is 0.685. The molecule has 0 atom stereocenters. The van der Waals surface area contributed by atoms with Crippen molar-refractivity contribution in [2.24, 2.45) is 0 Å². The third-order valence-corrected chi connectivity index (χ3v) is 1.67. The molecule has 0 aliphatic rings. The predicted octanol–water partition coefficient (Wildman–Crippen LogP) is 1.58. The first-order valence-electron chi connectivity index (χ1n) is 2.96. The molecule has 1 aromatic rings. The van der Waals surface area contributed by atoms with Gasteiger partial charge in [-0.3, -0.25) is 0 Å². The van der Waals surface area contributed by atoms with E-state index in [-0.39, 0.29) is 0 Å². The van der Waals surface area contributed by atoms with Crippen LogP contribution in [0.15, 0.2) is 11.6 Å². The summed E-state index contributed by atoms with van der Waals surface area (Å²) in [6.45, 7) is 2.51. The van der Waals surface area contributed by atoms with Gasteiger partial charge in [-0.05, 0) is 6.92 Å². The summed E-state index contributed by atoms with van der Waals surface area (Å²) in [6.07, 6.45) is 1.77. The van der Waals surface area contributed by atoms with Crippen molar-refractivity contribution in [1.29, 1.82) is 0 Å². The first-order valence-corrected chi connectivity index (χ1v) is 3.84. The summed E-state index contributed by atoms with van der Waals surface area (Å²) in [5, 5.41) is 5.92. The fourth-order valence-electron chi connectivity index (χ4n) is 0.519. The molecule has 0 spiro atoms. The third kappa shape index (κ3) is 2.08. The summed E-state index contributed by atoms with van der Waals surface area (Å²) in [5.74, 6) is 5.69. The molecule has 52 valence electrons. The molecule has 0 radical (unpaired) electrons. The number of rotatable bonds is 2. The Balaban J connectivity index is 2.32. The van der Waals surface area contributed by atoms with Crippen molar-refractivity contribution >= 4 is 16.5 Å². The van der Waals surface area contributed by atoms with Gasteiger partial charge in [0.25, 0.3) is 0 Å². The Bertz CT molecular complexity index is 230. The molecule has 2 nitrogen and oxygen atoms in total. The fourth-order valence-corrected chi connectivity index (χ4v) is 1.05. The number of nitrogens with zero attached hydrogens (tertiary/aromatic N) is 1. The molecule has 0 amide bonds. The normalized spacial score (nSPS) is 8.10. The number of hydrogen-bond donors (Lipinski definition) is 1. The van der Waals surface area contributed by atoms with Gasteiger partial charge in [0, 0.05) is 11.6 Å². The quantitative estimate of drug-likeness (QED) is 0.651. The topological polar surface area (TPSA) is 24.9 Å². The van der Waals surface area contributed by atoms with E-state index in [1.54, 1.807) is 17.5 Å². The molecule has 3 heteroatoms. The SMILES string of the molecule is CC#CCNc1nccs1. The van der Waals surface area contributed by atoms with E-state index in [2.05, 4.69) is 22.1 Å². The van der Waals surface area contributed by atoms with Crippen LogP contribution in [0.4, 0.5) is 5.13 Å². The Morgan fingerprint density at radius 3 is 3.30 bits per heavy atom. The molecule has 1 aromatic heterocycles. The summed E-state index contributed by atoms with van der Waals surface area (Å²) in [7, 11) is 0. The maximum Gasteiger partial charge on any atom is 0.183 e. The molecule has 0 aromatic carbocycles. The van der Waals surface area contributed by atoms with Crippen LogP contribution in [0, 0.1) is 11.8 Å². The Morgan fingerprint density at radius 2 is 2.70 bits per heavy atom. The van der Waals surface area contributed by atoms with E-state index in [0.29, 0.717) is 6.54 Å². The Morgan fingerprint density at radius 1 is 1.80 bits per heavy atom. The first kappa shape index (κ1) is 7.10. The summed E-state index contributed by atoms with van der Waals surface area (Å²) in [4.78, 5) is 4.03. The zero-order chi connectivity index (χ0) is 7.23. The zero-order valence-electron chi connectivity index (χ0n) is 5.72. The lowest BCUT2D eigenvalue weighted by Gasteiger charge is -1.91. The maximum atomic E-state index is 4.03. The van der Waals surface area contributed by atoms with Crippen molar-refractivity contribution in [3.8, 4) is 11.8 Å². The van der Waals surface area contributed by atoms with Gasteiger partial charge in [0.15, 0.2) is 5.13 Å². The summed E-state index contributed by atoms with van der Waals surface area (Å²) >= 11 is 1.58. The van der Waals surface area contributed by atoms with Crippen molar-refractivity contribution < 1.29 is 0 Å². The Labute approximate surface area is 64.3 Å². The standard InChI is InChI=1S/C7H8N2S/c1-2-3-4-8-7-9-5-6-10-7/h5-6H,4H2,1H3,(H,8,9). The monoisotopic (exact) mass is 152 g/mol. The summed E-state index contributed by atoms with van der Waals surface area (Å²) < 4.78 is 0. The molecule has 0 aliphatic carbocycles. The van der Waals surface area contributed by atoms with Crippen molar-refractivity contribution in [2.45, 2.75) is 6.92 Å². The highest BCUT2D eigenvalue weighted by Gasteiger charge is 1.87. The molecule has 10 heavy (non-hydrogen) atoms. The van der Waals surface area contributed by atoms with E-state index in [0.717, 1.165) is 5.13 Å².